The zero-order valence-electron chi connectivity index (χ0n) is 10.3. The molecule has 0 radical (unpaired) electrons. The van der Waals surface area contributed by atoms with Crippen LogP contribution in [0.3, 0.4) is 0 Å². The number of rotatable bonds is 1. The highest BCUT2D eigenvalue weighted by Crippen LogP contribution is 2.37. The first-order valence-corrected chi connectivity index (χ1v) is 8.48. The van der Waals surface area contributed by atoms with E-state index >= 15 is 0 Å². The van der Waals surface area contributed by atoms with Gasteiger partial charge in [0.1, 0.15) is 0 Å². The molecule has 0 unspecified atom stereocenters. The third kappa shape index (κ3) is 1.54. The Bertz CT molecular complexity index is 1050. The van der Waals surface area contributed by atoms with Crippen molar-refractivity contribution in [2.45, 2.75) is 4.90 Å². The number of benzene rings is 4. The van der Waals surface area contributed by atoms with E-state index in [-0.39, 0.29) is 4.90 Å². The highest BCUT2D eigenvalue weighted by molar-refractivity contribution is 8.14. The fourth-order valence-electron chi connectivity index (χ4n) is 2.92. The van der Waals surface area contributed by atoms with Crippen LogP contribution < -0.4 is 0 Å². The number of hydrogen-bond acceptors (Lipinski definition) is 2. The molecule has 0 aliphatic heterocycles. The highest BCUT2D eigenvalue weighted by Gasteiger charge is 2.17. The minimum absolute atomic E-state index is 0.171. The van der Waals surface area contributed by atoms with Gasteiger partial charge in [-0.05, 0) is 33.0 Å². The van der Waals surface area contributed by atoms with E-state index in [0.29, 0.717) is 5.39 Å². The lowest BCUT2D eigenvalue weighted by molar-refractivity contribution is 0.610. The second kappa shape index (κ2) is 3.84. The summed E-state index contributed by atoms with van der Waals surface area (Å²) in [5.74, 6) is 0. The molecular formula is C16H9ClO2S. The maximum Gasteiger partial charge on any atom is 0.261 e. The summed E-state index contributed by atoms with van der Waals surface area (Å²) in [6.45, 7) is 0. The average molecular weight is 301 g/mol. The summed E-state index contributed by atoms with van der Waals surface area (Å²) in [6, 6.07) is 17.3. The second-order valence-electron chi connectivity index (χ2n) is 4.86. The van der Waals surface area contributed by atoms with Gasteiger partial charge < -0.3 is 0 Å². The Labute approximate surface area is 120 Å². The van der Waals surface area contributed by atoms with Crippen molar-refractivity contribution in [3.05, 3.63) is 54.6 Å². The fourth-order valence-corrected chi connectivity index (χ4v) is 3.99. The Balaban J connectivity index is 2.39. The van der Waals surface area contributed by atoms with Crippen LogP contribution >= 0.6 is 10.7 Å². The molecule has 0 saturated heterocycles. The summed E-state index contributed by atoms with van der Waals surface area (Å²) in [4.78, 5) is 0.171. The molecule has 0 atom stereocenters. The first kappa shape index (κ1) is 11.9. The topological polar surface area (TPSA) is 34.1 Å². The summed E-state index contributed by atoms with van der Waals surface area (Å²) in [5, 5.41) is 5.96. The molecular weight excluding hydrogens is 292 g/mol. The van der Waals surface area contributed by atoms with E-state index in [1.165, 1.54) is 0 Å². The van der Waals surface area contributed by atoms with Gasteiger partial charge in [0.15, 0.2) is 0 Å². The van der Waals surface area contributed by atoms with Crippen LogP contribution in [0.15, 0.2) is 59.5 Å². The van der Waals surface area contributed by atoms with Crippen molar-refractivity contribution in [1.29, 1.82) is 0 Å². The quantitative estimate of drug-likeness (QED) is 0.383. The average Bonchev–Trinajstić information content (AvgIpc) is 2.43. The van der Waals surface area contributed by atoms with E-state index in [4.69, 9.17) is 10.7 Å². The summed E-state index contributed by atoms with van der Waals surface area (Å²) < 4.78 is 23.5. The smallest absolute Gasteiger partial charge is 0.207 e. The SMILES string of the molecule is O=S(=O)(Cl)c1ccc2ccc3cccc4ccc1c2c34. The van der Waals surface area contributed by atoms with Crippen molar-refractivity contribution in [3.63, 3.8) is 0 Å². The van der Waals surface area contributed by atoms with Gasteiger partial charge in [0, 0.05) is 16.1 Å². The standard InChI is InChI=1S/C16H9ClO2S/c17-20(18,19)14-9-7-12-5-4-10-2-1-3-11-6-8-13(14)16(12)15(10)11/h1-9H. The molecule has 2 nitrogen and oxygen atoms in total. The maximum atomic E-state index is 11.7. The monoisotopic (exact) mass is 300 g/mol. The molecule has 0 aromatic heterocycles. The van der Waals surface area contributed by atoms with Crippen LogP contribution in [-0.4, -0.2) is 8.42 Å². The Morgan fingerprint density at radius 2 is 1.25 bits per heavy atom. The molecule has 0 aliphatic carbocycles. The van der Waals surface area contributed by atoms with Gasteiger partial charge in [-0.3, -0.25) is 0 Å². The van der Waals surface area contributed by atoms with Gasteiger partial charge in [-0.1, -0.05) is 48.5 Å². The first-order valence-electron chi connectivity index (χ1n) is 6.17. The zero-order valence-corrected chi connectivity index (χ0v) is 11.9. The van der Waals surface area contributed by atoms with Gasteiger partial charge in [-0.15, -0.1) is 0 Å². The Morgan fingerprint density at radius 3 is 1.90 bits per heavy atom. The van der Waals surface area contributed by atoms with E-state index in [1.54, 1.807) is 6.07 Å². The molecule has 0 heterocycles. The lowest BCUT2D eigenvalue weighted by atomic mass is 9.94. The van der Waals surface area contributed by atoms with Crippen LogP contribution in [0.1, 0.15) is 0 Å². The molecule has 0 spiro atoms. The Kier molecular flexibility index (Phi) is 2.29. The predicted octanol–water partition coefficient (Wildman–Crippen LogP) is 4.51. The third-order valence-electron chi connectivity index (χ3n) is 3.75. The molecule has 0 fully saturated rings. The largest absolute Gasteiger partial charge is 0.261 e. The molecule has 4 heteroatoms. The van der Waals surface area contributed by atoms with Crippen molar-refractivity contribution in [1.82, 2.24) is 0 Å². The minimum Gasteiger partial charge on any atom is -0.207 e. The highest BCUT2D eigenvalue weighted by atomic mass is 35.7. The Hall–Kier alpha value is -1.84. The third-order valence-corrected chi connectivity index (χ3v) is 5.13. The van der Waals surface area contributed by atoms with E-state index in [0.717, 1.165) is 26.9 Å². The van der Waals surface area contributed by atoms with E-state index in [9.17, 15) is 8.42 Å². The van der Waals surface area contributed by atoms with Crippen LogP contribution in [0, 0.1) is 0 Å². The molecule has 0 bridgehead atoms. The zero-order chi connectivity index (χ0) is 13.9. The number of hydrogen-bond donors (Lipinski definition) is 0. The predicted molar refractivity (Wildman–Crippen MR) is 83.2 cm³/mol. The molecule has 0 saturated carbocycles. The molecule has 4 rings (SSSR count). The summed E-state index contributed by atoms with van der Waals surface area (Å²) >= 11 is 0. The van der Waals surface area contributed by atoms with Gasteiger partial charge in [0.25, 0.3) is 9.05 Å². The summed E-state index contributed by atoms with van der Waals surface area (Å²) in [5.41, 5.74) is 0. The Morgan fingerprint density at radius 1 is 0.700 bits per heavy atom. The van der Waals surface area contributed by atoms with Crippen molar-refractivity contribution < 1.29 is 8.42 Å². The van der Waals surface area contributed by atoms with Crippen molar-refractivity contribution >= 4 is 52.1 Å². The molecule has 98 valence electrons. The van der Waals surface area contributed by atoms with Crippen LogP contribution in [0.4, 0.5) is 0 Å². The van der Waals surface area contributed by atoms with Crippen molar-refractivity contribution in [2.24, 2.45) is 0 Å². The first-order chi connectivity index (χ1) is 9.55. The van der Waals surface area contributed by atoms with Crippen molar-refractivity contribution in [3.8, 4) is 0 Å². The molecule has 0 N–H and O–H groups in total. The molecule has 4 aromatic carbocycles. The lowest BCUT2D eigenvalue weighted by Gasteiger charge is -2.12. The molecule has 20 heavy (non-hydrogen) atoms. The van der Waals surface area contributed by atoms with Gasteiger partial charge >= 0.3 is 0 Å². The van der Waals surface area contributed by atoms with E-state index < -0.39 is 9.05 Å². The van der Waals surface area contributed by atoms with E-state index in [1.807, 2.05) is 42.5 Å². The summed E-state index contributed by atoms with van der Waals surface area (Å²) in [6.07, 6.45) is 0. The van der Waals surface area contributed by atoms with Crippen LogP contribution in [-0.2, 0) is 9.05 Å². The van der Waals surface area contributed by atoms with Crippen LogP contribution in [0.25, 0.3) is 32.3 Å². The second-order valence-corrected chi connectivity index (χ2v) is 7.39. The minimum atomic E-state index is -3.76. The molecule has 4 aromatic rings. The van der Waals surface area contributed by atoms with Crippen molar-refractivity contribution in [2.75, 3.05) is 0 Å². The van der Waals surface area contributed by atoms with Gasteiger partial charge in [0.2, 0.25) is 0 Å². The molecule has 0 aliphatic rings. The maximum absolute atomic E-state index is 11.7. The van der Waals surface area contributed by atoms with Gasteiger partial charge in [-0.2, -0.15) is 0 Å². The summed E-state index contributed by atoms with van der Waals surface area (Å²) in [7, 11) is 1.80. The number of halogens is 1. The lowest BCUT2D eigenvalue weighted by Crippen LogP contribution is -1.93. The fraction of sp³-hybridized carbons (Fsp3) is 0. The normalized spacial score (nSPS) is 12.7. The van der Waals surface area contributed by atoms with Crippen LogP contribution in [0.2, 0.25) is 0 Å². The van der Waals surface area contributed by atoms with Gasteiger partial charge in [0.05, 0.1) is 4.90 Å². The molecule has 0 amide bonds. The van der Waals surface area contributed by atoms with Crippen LogP contribution in [0.5, 0.6) is 0 Å². The van der Waals surface area contributed by atoms with Gasteiger partial charge in [-0.25, -0.2) is 8.42 Å². The van der Waals surface area contributed by atoms with E-state index in [2.05, 4.69) is 6.07 Å².